The number of nitrogens with one attached hydrogen (secondary N) is 1. The standard InChI is InChI=1S/C8H11NO2S.C2H6.H2/c1-7-5-3-4-6-8(7)9-12(2,10)11;1-2;/h3-6,9H,1-2H3;1-2H3;1H. The van der Waals surface area contributed by atoms with Crippen molar-refractivity contribution < 1.29 is 9.84 Å². The fourth-order valence-corrected chi connectivity index (χ4v) is 1.52. The maximum atomic E-state index is 10.8. The Kier molecular flexibility index (Phi) is 5.23. The second kappa shape index (κ2) is 5.65. The predicted octanol–water partition coefficient (Wildman–Crippen LogP) is 2.64. The van der Waals surface area contributed by atoms with Crippen molar-refractivity contribution in [1.29, 1.82) is 0 Å². The molecule has 14 heavy (non-hydrogen) atoms. The molecule has 0 unspecified atom stereocenters. The smallest absolute Gasteiger partial charge is 0.229 e. The number of hydrogen-bond donors (Lipinski definition) is 1. The first kappa shape index (κ1) is 13.0. The molecule has 0 heterocycles. The number of para-hydroxylation sites is 1. The van der Waals surface area contributed by atoms with Gasteiger partial charge in [0.1, 0.15) is 0 Å². The molecule has 0 aliphatic rings. The SMILES string of the molecule is CC.Cc1ccccc1NS(C)(=O)=O.[HH]. The Morgan fingerprint density at radius 2 is 1.71 bits per heavy atom. The van der Waals surface area contributed by atoms with Gasteiger partial charge in [-0.05, 0) is 18.6 Å². The average Bonchev–Trinajstić information content (AvgIpc) is 2.10. The molecule has 1 aromatic carbocycles. The molecule has 0 aliphatic carbocycles. The van der Waals surface area contributed by atoms with Gasteiger partial charge < -0.3 is 0 Å². The Hall–Kier alpha value is -1.03. The summed E-state index contributed by atoms with van der Waals surface area (Å²) in [5.74, 6) is 0. The van der Waals surface area contributed by atoms with Crippen LogP contribution in [0.3, 0.4) is 0 Å². The van der Waals surface area contributed by atoms with Crippen molar-refractivity contribution in [2.45, 2.75) is 20.8 Å². The van der Waals surface area contributed by atoms with Crippen LogP contribution in [0.1, 0.15) is 20.8 Å². The van der Waals surface area contributed by atoms with Gasteiger partial charge in [0.05, 0.1) is 11.9 Å². The maximum absolute atomic E-state index is 10.8. The number of sulfonamides is 1. The van der Waals surface area contributed by atoms with Crippen molar-refractivity contribution in [3.63, 3.8) is 0 Å². The number of benzene rings is 1. The van der Waals surface area contributed by atoms with Crippen LogP contribution in [-0.2, 0) is 10.0 Å². The third-order valence-corrected chi connectivity index (χ3v) is 2.03. The van der Waals surface area contributed by atoms with Gasteiger partial charge in [-0.15, -0.1) is 0 Å². The molecule has 4 heteroatoms. The molecule has 0 saturated heterocycles. The van der Waals surface area contributed by atoms with E-state index >= 15 is 0 Å². The van der Waals surface area contributed by atoms with Gasteiger partial charge in [0.15, 0.2) is 0 Å². The third-order valence-electron chi connectivity index (χ3n) is 1.44. The van der Waals surface area contributed by atoms with E-state index in [4.69, 9.17) is 0 Å². The molecule has 0 atom stereocenters. The zero-order valence-electron chi connectivity index (χ0n) is 9.03. The molecule has 82 valence electrons. The highest BCUT2D eigenvalue weighted by atomic mass is 32.2. The lowest BCUT2D eigenvalue weighted by Crippen LogP contribution is -2.10. The van der Waals surface area contributed by atoms with E-state index in [1.54, 1.807) is 12.1 Å². The summed E-state index contributed by atoms with van der Waals surface area (Å²) in [7, 11) is -3.15. The third kappa shape index (κ3) is 4.87. The Morgan fingerprint density at radius 3 is 2.14 bits per heavy atom. The number of aryl methyl sites for hydroxylation is 1. The van der Waals surface area contributed by atoms with E-state index in [-0.39, 0.29) is 1.43 Å². The van der Waals surface area contributed by atoms with E-state index < -0.39 is 10.0 Å². The molecule has 3 nitrogen and oxygen atoms in total. The van der Waals surface area contributed by atoms with Crippen molar-refractivity contribution in [2.75, 3.05) is 11.0 Å². The largest absolute Gasteiger partial charge is 0.284 e. The summed E-state index contributed by atoms with van der Waals surface area (Å²) in [6, 6.07) is 7.24. The van der Waals surface area contributed by atoms with Crippen LogP contribution in [0.2, 0.25) is 0 Å². The van der Waals surface area contributed by atoms with Crippen LogP contribution in [0.25, 0.3) is 0 Å². The van der Waals surface area contributed by atoms with Crippen molar-refractivity contribution in [1.82, 2.24) is 0 Å². The van der Waals surface area contributed by atoms with Crippen molar-refractivity contribution >= 4 is 15.7 Å². The first-order chi connectivity index (χ1) is 6.49. The fourth-order valence-electron chi connectivity index (χ4n) is 0.887. The molecule has 1 N–H and O–H groups in total. The van der Waals surface area contributed by atoms with Crippen LogP contribution in [0.4, 0.5) is 5.69 Å². The fraction of sp³-hybridized carbons (Fsp3) is 0.400. The zero-order valence-corrected chi connectivity index (χ0v) is 9.85. The van der Waals surface area contributed by atoms with Gasteiger partial charge in [0, 0.05) is 1.43 Å². The second-order valence-electron chi connectivity index (χ2n) is 2.69. The molecule has 0 aromatic heterocycles. The highest BCUT2D eigenvalue weighted by molar-refractivity contribution is 7.92. The molecular weight excluding hydrogens is 198 g/mol. The van der Waals surface area contributed by atoms with E-state index in [1.165, 1.54) is 0 Å². The Balaban J connectivity index is 0. The lowest BCUT2D eigenvalue weighted by Gasteiger charge is -2.05. The van der Waals surface area contributed by atoms with Gasteiger partial charge >= 0.3 is 0 Å². The summed E-state index contributed by atoms with van der Waals surface area (Å²) < 4.78 is 24.1. The number of rotatable bonds is 2. The van der Waals surface area contributed by atoms with Gasteiger partial charge in [-0.1, -0.05) is 32.0 Å². The van der Waals surface area contributed by atoms with Gasteiger partial charge in [-0.25, -0.2) is 8.42 Å². The van der Waals surface area contributed by atoms with Crippen molar-refractivity contribution in [3.05, 3.63) is 29.8 Å². The zero-order chi connectivity index (χ0) is 11.2. The lowest BCUT2D eigenvalue weighted by atomic mass is 10.2. The molecule has 1 aromatic rings. The van der Waals surface area contributed by atoms with Crippen LogP contribution in [-0.4, -0.2) is 14.7 Å². The quantitative estimate of drug-likeness (QED) is 0.827. The Labute approximate surface area is 87.7 Å². The van der Waals surface area contributed by atoms with Gasteiger partial charge in [-0.2, -0.15) is 0 Å². The van der Waals surface area contributed by atoms with E-state index in [0.717, 1.165) is 11.8 Å². The van der Waals surface area contributed by atoms with Gasteiger partial charge in [-0.3, -0.25) is 4.72 Å². The molecule has 0 fully saturated rings. The second-order valence-corrected chi connectivity index (χ2v) is 4.44. The Bertz CT molecular complexity index is 377. The monoisotopic (exact) mass is 217 g/mol. The summed E-state index contributed by atoms with van der Waals surface area (Å²) in [4.78, 5) is 0. The first-order valence-corrected chi connectivity index (χ1v) is 6.41. The van der Waals surface area contributed by atoms with Crippen LogP contribution in [0, 0.1) is 6.92 Å². The minimum Gasteiger partial charge on any atom is -0.284 e. The van der Waals surface area contributed by atoms with Crippen molar-refractivity contribution in [3.8, 4) is 0 Å². The first-order valence-electron chi connectivity index (χ1n) is 4.52. The summed E-state index contributed by atoms with van der Waals surface area (Å²) in [5, 5.41) is 0. The maximum Gasteiger partial charge on any atom is 0.229 e. The van der Waals surface area contributed by atoms with Crippen LogP contribution >= 0.6 is 0 Å². The molecule has 0 amide bonds. The topological polar surface area (TPSA) is 46.2 Å². The van der Waals surface area contributed by atoms with Crippen LogP contribution < -0.4 is 4.72 Å². The lowest BCUT2D eigenvalue weighted by molar-refractivity contribution is 0.607. The van der Waals surface area contributed by atoms with Crippen LogP contribution in [0.15, 0.2) is 24.3 Å². The number of hydrogen-bond acceptors (Lipinski definition) is 2. The highest BCUT2D eigenvalue weighted by Crippen LogP contribution is 2.13. The Morgan fingerprint density at radius 1 is 1.21 bits per heavy atom. The molecule has 0 aliphatic heterocycles. The molecular formula is C10H19NO2S. The number of anilines is 1. The minimum atomic E-state index is -3.15. The molecule has 0 bridgehead atoms. The molecule has 0 saturated carbocycles. The summed E-state index contributed by atoms with van der Waals surface area (Å²) >= 11 is 0. The van der Waals surface area contributed by atoms with E-state index in [2.05, 4.69) is 4.72 Å². The van der Waals surface area contributed by atoms with Gasteiger partial charge in [0.2, 0.25) is 10.0 Å². The van der Waals surface area contributed by atoms with E-state index in [0.29, 0.717) is 5.69 Å². The predicted molar refractivity (Wildman–Crippen MR) is 63.1 cm³/mol. The van der Waals surface area contributed by atoms with E-state index in [1.807, 2.05) is 32.9 Å². The normalized spacial score (nSPS) is 10.0. The van der Waals surface area contributed by atoms with Crippen LogP contribution in [0.5, 0.6) is 0 Å². The van der Waals surface area contributed by atoms with Crippen molar-refractivity contribution in [2.24, 2.45) is 0 Å². The minimum absolute atomic E-state index is 0. The van der Waals surface area contributed by atoms with Gasteiger partial charge in [0.25, 0.3) is 0 Å². The highest BCUT2D eigenvalue weighted by Gasteiger charge is 2.02. The molecule has 0 spiro atoms. The summed E-state index contributed by atoms with van der Waals surface area (Å²) in [6.07, 6.45) is 1.14. The molecule has 1 rings (SSSR count). The van der Waals surface area contributed by atoms with E-state index in [9.17, 15) is 8.42 Å². The summed E-state index contributed by atoms with van der Waals surface area (Å²) in [5.41, 5.74) is 1.56. The summed E-state index contributed by atoms with van der Waals surface area (Å²) in [6.45, 7) is 5.85. The average molecular weight is 217 g/mol. The molecule has 0 radical (unpaired) electrons.